The van der Waals surface area contributed by atoms with Crippen molar-refractivity contribution in [3.05, 3.63) is 292 Å². The van der Waals surface area contributed by atoms with Crippen LogP contribution in [0.15, 0.2) is 250 Å². The number of pyridine rings is 2. The van der Waals surface area contributed by atoms with Gasteiger partial charge < -0.3 is 21.8 Å². The zero-order chi connectivity index (χ0) is 64.8. The standard InChI is InChI=1S/C68H55Br4N3O13S4/c69-54-16-24-60(25-17-54)89(77,78)85-65-45-8-5-9-46(65)39-48-11-7-13-50(67(48)87-91(81,82)62-28-20-56(71)21-29-62)41-53-43-51(64(76)44-75(36-32-58-14-1-3-34-73-58)37-33-59-15-2-4-35-74-59)42-52(68(53)88-92(83,84)63-30-22-57(72)23-31-63)40-49-12-6-10-47(38-45)66(49)86-90(79,80)61-26-18-55(70)19-27-61/h1-31,34-35,42-43,64,76H,32-33,36-41,44H2. The molecule has 16 nitrogen and oxygen atoms in total. The molecule has 11 rings (SSSR count). The Morgan fingerprint density at radius 3 is 0.913 bits per heavy atom. The van der Waals surface area contributed by atoms with Gasteiger partial charge in [-0.3, -0.25) is 14.9 Å². The molecule has 24 heteroatoms. The number of fused-ring (bicyclic) bond motifs is 8. The summed E-state index contributed by atoms with van der Waals surface area (Å²) in [6.45, 7) is 0.956. The second-order valence-electron chi connectivity index (χ2n) is 21.5. The van der Waals surface area contributed by atoms with Crippen molar-refractivity contribution in [1.29, 1.82) is 0 Å². The molecule has 92 heavy (non-hydrogen) atoms. The van der Waals surface area contributed by atoms with Gasteiger partial charge in [0.05, 0.1) is 6.10 Å². The van der Waals surface area contributed by atoms with Gasteiger partial charge in [0.2, 0.25) is 0 Å². The highest BCUT2D eigenvalue weighted by molar-refractivity contribution is 9.11. The minimum atomic E-state index is -4.76. The summed E-state index contributed by atoms with van der Waals surface area (Å²) in [7, 11) is -18.8. The van der Waals surface area contributed by atoms with E-state index in [1.165, 1.54) is 48.5 Å². The van der Waals surface area contributed by atoms with E-state index in [0.717, 1.165) is 11.4 Å². The van der Waals surface area contributed by atoms with Crippen LogP contribution in [0, 0.1) is 0 Å². The van der Waals surface area contributed by atoms with E-state index in [9.17, 15) is 38.8 Å². The smallest absolute Gasteiger partial charge is 0.339 e. The van der Waals surface area contributed by atoms with Crippen LogP contribution in [0.5, 0.6) is 23.0 Å². The van der Waals surface area contributed by atoms with Crippen LogP contribution in [0.1, 0.15) is 67.6 Å². The van der Waals surface area contributed by atoms with Crippen LogP contribution < -0.4 is 16.7 Å². The van der Waals surface area contributed by atoms with E-state index in [1.807, 2.05) is 36.4 Å². The lowest BCUT2D eigenvalue weighted by atomic mass is 9.90. The van der Waals surface area contributed by atoms with Crippen LogP contribution in [-0.4, -0.2) is 73.3 Å². The van der Waals surface area contributed by atoms with Crippen molar-refractivity contribution in [1.82, 2.24) is 14.9 Å². The molecule has 472 valence electrons. The summed E-state index contributed by atoms with van der Waals surface area (Å²) in [5, 5.41) is 12.9. The molecule has 0 aliphatic heterocycles. The first-order valence-corrected chi connectivity index (χ1v) is 37.3. The average Bonchev–Trinajstić information content (AvgIpc) is 0.836. The molecule has 2 aromatic heterocycles. The molecule has 0 fully saturated rings. The highest BCUT2D eigenvalue weighted by Gasteiger charge is 2.32. The molecule has 1 unspecified atom stereocenters. The second kappa shape index (κ2) is 28.6. The summed E-state index contributed by atoms with van der Waals surface area (Å²) >= 11 is 13.5. The number of para-hydroxylation sites is 3. The van der Waals surface area contributed by atoms with E-state index < -0.39 is 46.6 Å². The third kappa shape index (κ3) is 16.3. The monoisotopic (exact) mass is 1560 g/mol. The Bertz CT molecular complexity index is 4580. The Balaban J connectivity index is 1.15. The van der Waals surface area contributed by atoms with Crippen molar-refractivity contribution in [3.8, 4) is 23.0 Å². The maximum atomic E-state index is 14.9. The number of nitrogens with zero attached hydrogens (tertiary/aromatic N) is 3. The van der Waals surface area contributed by atoms with Gasteiger partial charge in [-0.25, -0.2) is 0 Å². The number of hydrogen-bond acceptors (Lipinski definition) is 16. The van der Waals surface area contributed by atoms with Crippen molar-refractivity contribution >= 4 is 104 Å². The summed E-state index contributed by atoms with van der Waals surface area (Å²) in [5.41, 5.74) is 3.53. The molecule has 0 amide bonds. The normalized spacial score (nSPS) is 13.1. The van der Waals surface area contributed by atoms with Gasteiger partial charge in [0, 0.05) is 144 Å². The van der Waals surface area contributed by atoms with Crippen LogP contribution >= 0.6 is 63.7 Å². The fourth-order valence-corrected chi connectivity index (χ4v) is 15.6. The van der Waals surface area contributed by atoms with E-state index in [-0.39, 0.29) is 125 Å². The SMILES string of the molecule is O=S(=O)(Oc1c2cccc1Cc1cccc(c1OS(=O)(=O)c1ccc(Br)cc1)Cc1cc(C(O)CN(CCc3ccccn3)CCc3ccccn3)cc(c1OS(=O)(=O)c1ccc(Br)cc1)Cc1cccc(c1OS(=O)(=O)c1ccc(Br)cc1)C2)c1ccc(Br)cc1. The van der Waals surface area contributed by atoms with Gasteiger partial charge in [-0.2, -0.15) is 33.7 Å². The molecule has 0 radical (unpaired) electrons. The molecule has 8 bridgehead atoms. The van der Waals surface area contributed by atoms with Gasteiger partial charge >= 0.3 is 40.5 Å². The van der Waals surface area contributed by atoms with E-state index >= 15 is 0 Å². The van der Waals surface area contributed by atoms with E-state index in [2.05, 4.69) is 78.6 Å². The fourth-order valence-electron chi connectivity index (χ4n) is 10.6. The topological polar surface area (TPSA) is 223 Å². The van der Waals surface area contributed by atoms with Crippen LogP contribution in [0.2, 0.25) is 0 Å². The molecule has 0 saturated heterocycles. The quantitative estimate of drug-likeness (QED) is 0.0661. The number of rotatable bonds is 21. The second-order valence-corrected chi connectivity index (χ2v) is 31.4. The van der Waals surface area contributed by atoms with Crippen molar-refractivity contribution < 1.29 is 55.5 Å². The first-order valence-electron chi connectivity index (χ1n) is 28.5. The Kier molecular flexibility index (Phi) is 20.7. The maximum absolute atomic E-state index is 14.9. The van der Waals surface area contributed by atoms with Gasteiger partial charge in [0.15, 0.2) is 0 Å². The molecule has 0 spiro atoms. The van der Waals surface area contributed by atoms with Gasteiger partial charge in [-0.1, -0.05) is 130 Å². The van der Waals surface area contributed by atoms with Crippen LogP contribution in [0.3, 0.4) is 0 Å². The highest BCUT2D eigenvalue weighted by atomic mass is 79.9. The lowest BCUT2D eigenvalue weighted by molar-refractivity contribution is 0.113. The molecule has 1 aliphatic rings. The number of aliphatic hydroxyl groups excluding tert-OH is 1. The van der Waals surface area contributed by atoms with Crippen molar-refractivity contribution in [3.63, 3.8) is 0 Å². The number of halogens is 4. The third-order valence-corrected chi connectivity index (χ3v) is 22.2. The van der Waals surface area contributed by atoms with E-state index in [1.54, 1.807) is 128 Å². The third-order valence-electron chi connectivity index (χ3n) is 15.1. The first kappa shape index (κ1) is 66.4. The van der Waals surface area contributed by atoms with E-state index in [0.29, 0.717) is 43.8 Å². The fraction of sp³-hybridized carbons (Fsp3) is 0.147. The average molecular weight is 1570 g/mol. The summed E-state index contributed by atoms with van der Waals surface area (Å²) in [5.74, 6) is -0.735. The molecule has 1 N–H and O–H groups in total. The Hall–Kier alpha value is -7.10. The predicted octanol–water partition coefficient (Wildman–Crippen LogP) is 14.1. The molecule has 1 atom stereocenters. The number of hydrogen-bond donors (Lipinski definition) is 1. The highest BCUT2D eigenvalue weighted by Crippen LogP contribution is 2.43. The molecular formula is C68H55Br4N3O13S4. The lowest BCUT2D eigenvalue weighted by Crippen LogP contribution is -2.33. The Labute approximate surface area is 568 Å². The maximum Gasteiger partial charge on any atom is 0.339 e. The van der Waals surface area contributed by atoms with Crippen molar-refractivity contribution in [2.45, 2.75) is 64.2 Å². The Morgan fingerprint density at radius 1 is 0.370 bits per heavy atom. The first-order chi connectivity index (χ1) is 44.1. The minimum Gasteiger partial charge on any atom is -0.387 e. The van der Waals surface area contributed by atoms with Gasteiger partial charge in [0.1, 0.15) is 42.6 Å². The van der Waals surface area contributed by atoms with Gasteiger partial charge in [0.25, 0.3) is 0 Å². The summed E-state index contributed by atoms with van der Waals surface area (Å²) in [4.78, 5) is 10.4. The van der Waals surface area contributed by atoms with Gasteiger partial charge in [-0.15, -0.1) is 0 Å². The molecule has 1 aliphatic carbocycles. The molecule has 0 saturated carbocycles. The van der Waals surface area contributed by atoms with Crippen molar-refractivity contribution in [2.24, 2.45) is 0 Å². The number of benzene rings is 8. The van der Waals surface area contributed by atoms with Crippen LogP contribution in [0.25, 0.3) is 0 Å². The largest absolute Gasteiger partial charge is 0.387 e. The number of aliphatic hydroxyl groups is 1. The zero-order valence-corrected chi connectivity index (χ0v) is 58.1. The summed E-state index contributed by atoms with van der Waals surface area (Å²) in [6.07, 6.45) is 2.03. The molecule has 2 heterocycles. The zero-order valence-electron chi connectivity index (χ0n) is 48.5. The van der Waals surface area contributed by atoms with E-state index in [4.69, 9.17) is 16.7 Å². The molecule has 10 aromatic rings. The van der Waals surface area contributed by atoms with Gasteiger partial charge in [-0.05, 0) is 139 Å². The molecule has 8 aromatic carbocycles. The summed E-state index contributed by atoms with van der Waals surface area (Å²) < 4.78 is 146. The predicted molar refractivity (Wildman–Crippen MR) is 362 cm³/mol. The lowest BCUT2D eigenvalue weighted by Gasteiger charge is -2.27. The molecular weight excluding hydrogens is 1510 g/mol. The van der Waals surface area contributed by atoms with Crippen LogP contribution in [0.4, 0.5) is 0 Å². The Morgan fingerprint density at radius 2 is 0.641 bits per heavy atom. The van der Waals surface area contributed by atoms with Crippen molar-refractivity contribution in [2.75, 3.05) is 19.6 Å². The van der Waals surface area contributed by atoms with Crippen LogP contribution in [-0.2, 0) is 79.0 Å². The number of aromatic nitrogens is 2. The summed E-state index contributed by atoms with van der Waals surface area (Å²) in [6, 6.07) is 52.5. The minimum absolute atomic E-state index is 0.0419.